The standard InChI is InChI=1S/C74H56N2/c1-73(2,3)51-41-57(45-23-11-7-12-24-45)65(58(42-51)46-25-13-8-14-26-46)49-35-37-55-63(39-49)75-61-33-21-19-31-53(61)68-70-56-38-36-50(40-64(56)76-62-34-22-20-32-54(62)67(72(70)76)69(55)71(68)75)66-59(47-27-15-9-16-28-47)43-52(74(4,5)6)44-60(66)48-29-17-10-18-30-48/h7-44H,1-6H3. The van der Waals surface area contributed by atoms with E-state index in [1.165, 1.54) is 154 Å². The molecule has 0 N–H and O–H groups in total. The van der Waals surface area contributed by atoms with Gasteiger partial charge in [0, 0.05) is 43.1 Å². The Morgan fingerprint density at radius 2 is 0.526 bits per heavy atom. The zero-order valence-corrected chi connectivity index (χ0v) is 43.8. The lowest BCUT2D eigenvalue weighted by Gasteiger charge is -2.25. The highest BCUT2D eigenvalue weighted by Crippen LogP contribution is 2.54. The van der Waals surface area contributed by atoms with Gasteiger partial charge in [-0.15, -0.1) is 0 Å². The molecule has 0 saturated carbocycles. The smallest absolute Gasteiger partial charge is 0.0634 e. The predicted molar refractivity (Wildman–Crippen MR) is 326 cm³/mol. The van der Waals surface area contributed by atoms with Gasteiger partial charge in [0.1, 0.15) is 0 Å². The molecule has 15 rings (SSSR count). The second-order valence-corrected chi connectivity index (χ2v) is 23.2. The normalized spacial score (nSPS) is 12.6. The second kappa shape index (κ2) is 16.3. The van der Waals surface area contributed by atoms with Gasteiger partial charge in [0.2, 0.25) is 0 Å². The van der Waals surface area contributed by atoms with E-state index in [1.807, 2.05) is 0 Å². The average molecular weight is 973 g/mol. The van der Waals surface area contributed by atoms with E-state index < -0.39 is 0 Å². The van der Waals surface area contributed by atoms with Crippen molar-refractivity contribution in [2.75, 3.05) is 0 Å². The molecule has 0 fully saturated rings. The SMILES string of the molecule is CC(C)(C)c1cc(-c2ccccc2)c(-c2ccc3c4c5c6ccccc6n6c7cc(-c8c(-c9ccccc9)cc(C(C)(C)C)cc8-c8ccccc8)ccc7c(c7c8ccccc8n(c3c2)c74)c56)c(-c2ccccc2)c1. The summed E-state index contributed by atoms with van der Waals surface area (Å²) >= 11 is 0. The first-order chi connectivity index (χ1) is 37.0. The van der Waals surface area contributed by atoms with Crippen LogP contribution in [0.4, 0.5) is 0 Å². The molecule has 0 bridgehead atoms. The summed E-state index contributed by atoms with van der Waals surface area (Å²) in [5, 5.41) is 10.4. The van der Waals surface area contributed by atoms with Gasteiger partial charge in [-0.3, -0.25) is 0 Å². The first-order valence-corrected chi connectivity index (χ1v) is 26.9. The molecule has 15 aromatic rings. The predicted octanol–water partition coefficient (Wildman–Crippen LogP) is 20.6. The fourth-order valence-corrected chi connectivity index (χ4v) is 13.0. The zero-order valence-electron chi connectivity index (χ0n) is 43.8. The Hall–Kier alpha value is -8.98. The van der Waals surface area contributed by atoms with Crippen molar-refractivity contribution in [3.8, 4) is 66.8 Å². The van der Waals surface area contributed by atoms with Gasteiger partial charge in [-0.25, -0.2) is 0 Å². The molecule has 2 nitrogen and oxygen atoms in total. The quantitative estimate of drug-likeness (QED) is 0.157. The number of nitrogens with zero attached hydrogens (tertiary/aromatic N) is 2. The summed E-state index contributed by atoms with van der Waals surface area (Å²) in [5.74, 6) is 0. The third-order valence-electron chi connectivity index (χ3n) is 16.7. The second-order valence-electron chi connectivity index (χ2n) is 23.2. The maximum absolute atomic E-state index is 2.61. The summed E-state index contributed by atoms with van der Waals surface area (Å²) in [6, 6.07) is 86.8. The van der Waals surface area contributed by atoms with Crippen molar-refractivity contribution in [2.45, 2.75) is 52.4 Å². The van der Waals surface area contributed by atoms with Gasteiger partial charge in [-0.05, 0) is 137 Å². The first kappa shape index (κ1) is 44.5. The summed E-state index contributed by atoms with van der Waals surface area (Å²) in [6.45, 7) is 14.0. The molecular weight excluding hydrogens is 917 g/mol. The van der Waals surface area contributed by atoms with Gasteiger partial charge in [0.25, 0.3) is 0 Å². The van der Waals surface area contributed by atoms with Crippen LogP contribution in [0.3, 0.4) is 0 Å². The number of rotatable bonds is 6. The van der Waals surface area contributed by atoms with Crippen molar-refractivity contribution in [3.05, 3.63) is 242 Å². The Morgan fingerprint density at radius 3 is 0.829 bits per heavy atom. The lowest BCUT2D eigenvalue weighted by molar-refractivity contribution is 0.590. The Morgan fingerprint density at radius 1 is 0.250 bits per heavy atom. The maximum atomic E-state index is 2.61. The highest BCUT2D eigenvalue weighted by atomic mass is 14.9. The molecule has 4 aromatic heterocycles. The minimum Gasteiger partial charge on any atom is -0.308 e. The van der Waals surface area contributed by atoms with Crippen molar-refractivity contribution < 1.29 is 0 Å². The van der Waals surface area contributed by atoms with E-state index in [1.54, 1.807) is 0 Å². The highest BCUT2D eigenvalue weighted by Gasteiger charge is 2.31. The molecule has 0 aliphatic rings. The van der Waals surface area contributed by atoms with Crippen LogP contribution in [0.2, 0.25) is 0 Å². The highest BCUT2D eigenvalue weighted by molar-refractivity contribution is 6.45. The van der Waals surface area contributed by atoms with Gasteiger partial charge in [0.05, 0.1) is 33.1 Å². The number of aromatic nitrogens is 2. The fourth-order valence-electron chi connectivity index (χ4n) is 13.0. The third-order valence-corrected chi connectivity index (χ3v) is 16.7. The van der Waals surface area contributed by atoms with Crippen LogP contribution < -0.4 is 0 Å². The molecular formula is C74H56N2. The van der Waals surface area contributed by atoms with Crippen LogP contribution in [0.15, 0.2) is 231 Å². The number of benzene rings is 11. The van der Waals surface area contributed by atoms with Gasteiger partial charge >= 0.3 is 0 Å². The van der Waals surface area contributed by atoms with Crippen LogP contribution in [-0.2, 0) is 10.8 Å². The molecule has 362 valence electrons. The summed E-state index contributed by atoms with van der Waals surface area (Å²) in [5.41, 5.74) is 24.8. The molecule has 2 heteroatoms. The molecule has 0 unspecified atom stereocenters. The van der Waals surface area contributed by atoms with Crippen LogP contribution in [0.5, 0.6) is 0 Å². The molecule has 0 spiro atoms. The van der Waals surface area contributed by atoms with Gasteiger partial charge in [-0.1, -0.05) is 224 Å². The molecule has 0 radical (unpaired) electrons. The fraction of sp³-hybridized carbons (Fsp3) is 0.108. The van der Waals surface area contributed by atoms with Crippen LogP contribution in [-0.4, -0.2) is 8.80 Å². The minimum atomic E-state index is -0.0534. The molecule has 0 aliphatic carbocycles. The van der Waals surface area contributed by atoms with Gasteiger partial charge in [0.15, 0.2) is 0 Å². The Kier molecular flexibility index (Phi) is 9.52. The summed E-state index contributed by atoms with van der Waals surface area (Å²) in [4.78, 5) is 0. The molecule has 0 amide bonds. The number of para-hydroxylation sites is 2. The van der Waals surface area contributed by atoms with E-state index in [0.717, 1.165) is 0 Å². The van der Waals surface area contributed by atoms with Crippen LogP contribution in [0, 0.1) is 0 Å². The zero-order chi connectivity index (χ0) is 51.2. The molecule has 4 heterocycles. The molecule has 0 aliphatic heterocycles. The lowest BCUT2D eigenvalue weighted by atomic mass is 9.79. The molecule has 76 heavy (non-hydrogen) atoms. The van der Waals surface area contributed by atoms with Crippen molar-refractivity contribution in [1.82, 2.24) is 8.80 Å². The Balaban J connectivity index is 1.06. The van der Waals surface area contributed by atoms with Crippen molar-refractivity contribution in [1.29, 1.82) is 0 Å². The lowest BCUT2D eigenvalue weighted by Crippen LogP contribution is -2.12. The number of hydrogen-bond donors (Lipinski definition) is 0. The van der Waals surface area contributed by atoms with Crippen molar-refractivity contribution in [3.63, 3.8) is 0 Å². The monoisotopic (exact) mass is 972 g/mol. The topological polar surface area (TPSA) is 8.82 Å². The first-order valence-electron chi connectivity index (χ1n) is 26.9. The van der Waals surface area contributed by atoms with Crippen molar-refractivity contribution in [2.24, 2.45) is 0 Å². The van der Waals surface area contributed by atoms with Crippen LogP contribution in [0.25, 0.3) is 143 Å². The van der Waals surface area contributed by atoms with E-state index in [9.17, 15) is 0 Å². The third kappa shape index (κ3) is 6.47. The Labute approximate surface area is 443 Å². The van der Waals surface area contributed by atoms with Crippen LogP contribution in [0.1, 0.15) is 52.7 Å². The summed E-state index contributed by atoms with van der Waals surface area (Å²) < 4.78 is 5.21. The van der Waals surface area contributed by atoms with Crippen LogP contribution >= 0.6 is 0 Å². The van der Waals surface area contributed by atoms with E-state index in [-0.39, 0.29) is 10.8 Å². The Bertz CT molecular complexity index is 4340. The summed E-state index contributed by atoms with van der Waals surface area (Å²) in [7, 11) is 0. The van der Waals surface area contributed by atoms with E-state index in [2.05, 4.69) is 281 Å². The largest absolute Gasteiger partial charge is 0.308 e. The number of fused-ring (bicyclic) bond motifs is 14. The van der Waals surface area contributed by atoms with E-state index in [4.69, 9.17) is 0 Å². The number of hydrogen-bond acceptors (Lipinski definition) is 0. The van der Waals surface area contributed by atoms with E-state index in [0.29, 0.717) is 0 Å². The molecule has 0 saturated heterocycles. The maximum Gasteiger partial charge on any atom is 0.0634 e. The van der Waals surface area contributed by atoms with Gasteiger partial charge < -0.3 is 8.80 Å². The molecule has 11 aromatic carbocycles. The minimum absolute atomic E-state index is 0.0534. The average Bonchev–Trinajstić information content (AvgIpc) is 4.34. The van der Waals surface area contributed by atoms with E-state index >= 15 is 0 Å². The van der Waals surface area contributed by atoms with Crippen molar-refractivity contribution >= 4 is 76.2 Å². The molecule has 0 atom stereocenters. The summed E-state index contributed by atoms with van der Waals surface area (Å²) in [6.07, 6.45) is 0. The van der Waals surface area contributed by atoms with Gasteiger partial charge in [-0.2, -0.15) is 0 Å².